The molecular weight excluding hydrogens is 721 g/mol. The molecule has 0 radical (unpaired) electrons. The van der Waals surface area contributed by atoms with Gasteiger partial charge in [0, 0.05) is 19.3 Å². The van der Waals surface area contributed by atoms with Crippen LogP contribution >= 0.6 is 0 Å². The molecule has 0 N–H and O–H groups in total. The lowest BCUT2D eigenvalue weighted by atomic mass is 10.0. The van der Waals surface area contributed by atoms with Gasteiger partial charge in [-0.25, -0.2) is 0 Å². The Labute approximate surface area is 360 Å². The van der Waals surface area contributed by atoms with E-state index in [1.165, 1.54) is 180 Å². The van der Waals surface area contributed by atoms with E-state index in [4.69, 9.17) is 14.2 Å². The van der Waals surface area contributed by atoms with Gasteiger partial charge in [0.05, 0.1) is 0 Å². The van der Waals surface area contributed by atoms with Crippen molar-refractivity contribution in [1.29, 1.82) is 0 Å². The fourth-order valence-corrected chi connectivity index (χ4v) is 7.60. The van der Waals surface area contributed by atoms with Gasteiger partial charge in [-0.2, -0.15) is 0 Å². The van der Waals surface area contributed by atoms with E-state index in [-0.39, 0.29) is 31.1 Å². The van der Waals surface area contributed by atoms with Gasteiger partial charge in [0.2, 0.25) is 0 Å². The molecule has 0 fully saturated rings. The molecule has 0 heterocycles. The third kappa shape index (κ3) is 45.2. The predicted octanol–water partition coefficient (Wildman–Crippen LogP) is 16.6. The summed E-state index contributed by atoms with van der Waals surface area (Å²) in [7, 11) is 0. The van der Waals surface area contributed by atoms with E-state index in [0.29, 0.717) is 19.3 Å². The number of ether oxygens (including phenoxy) is 3. The highest BCUT2D eigenvalue weighted by atomic mass is 16.6. The normalized spacial score (nSPS) is 12.0. The van der Waals surface area contributed by atoms with Gasteiger partial charge in [-0.1, -0.05) is 238 Å². The molecule has 0 aromatic carbocycles. The second-order valence-electron chi connectivity index (χ2n) is 17.4. The molecule has 0 aromatic rings. The topological polar surface area (TPSA) is 78.9 Å². The molecule has 0 aliphatic heterocycles. The Kier molecular flexibility index (Phi) is 46.3. The van der Waals surface area contributed by atoms with Crippen molar-refractivity contribution in [2.75, 3.05) is 13.2 Å². The molecule has 0 spiro atoms. The van der Waals surface area contributed by atoms with E-state index in [0.717, 1.165) is 64.2 Å². The van der Waals surface area contributed by atoms with Crippen molar-refractivity contribution in [2.24, 2.45) is 0 Å². The Balaban J connectivity index is 4.30. The van der Waals surface area contributed by atoms with Crippen molar-refractivity contribution in [3.8, 4) is 0 Å². The number of rotatable bonds is 47. The Morgan fingerprint density at radius 1 is 0.328 bits per heavy atom. The van der Waals surface area contributed by atoms with Gasteiger partial charge in [-0.15, -0.1) is 0 Å². The number of carbonyl (C=O) groups excluding carboxylic acids is 3. The highest BCUT2D eigenvalue weighted by Gasteiger charge is 2.19. The lowest BCUT2D eigenvalue weighted by Gasteiger charge is -2.18. The SMILES string of the molecule is CCCC/C=C\CCCCCCCC(=O)OC[C@H](COC(=O)CCCCCCCCCCCCCC)OC(=O)CCCCCCCCCCCCCCCCCCC. The smallest absolute Gasteiger partial charge is 0.306 e. The summed E-state index contributed by atoms with van der Waals surface area (Å²) in [4.78, 5) is 37.9. The fourth-order valence-electron chi connectivity index (χ4n) is 7.60. The summed E-state index contributed by atoms with van der Waals surface area (Å²) in [6.07, 6.45) is 51.9. The number of carbonyl (C=O) groups is 3. The molecule has 58 heavy (non-hydrogen) atoms. The average Bonchev–Trinajstić information content (AvgIpc) is 3.22. The van der Waals surface area contributed by atoms with Crippen molar-refractivity contribution in [1.82, 2.24) is 0 Å². The van der Waals surface area contributed by atoms with Crippen LogP contribution in [0.1, 0.15) is 284 Å². The third-order valence-corrected chi connectivity index (χ3v) is 11.5. The van der Waals surface area contributed by atoms with E-state index < -0.39 is 6.10 Å². The summed E-state index contributed by atoms with van der Waals surface area (Å²) < 4.78 is 16.8. The summed E-state index contributed by atoms with van der Waals surface area (Å²) in [6.45, 7) is 6.62. The number of esters is 3. The maximum Gasteiger partial charge on any atom is 0.306 e. The molecule has 1 atom stereocenters. The minimum absolute atomic E-state index is 0.0674. The van der Waals surface area contributed by atoms with Crippen LogP contribution in [-0.4, -0.2) is 37.2 Å². The van der Waals surface area contributed by atoms with Crippen LogP contribution in [0.5, 0.6) is 0 Å². The zero-order valence-corrected chi connectivity index (χ0v) is 39.1. The van der Waals surface area contributed by atoms with Crippen LogP contribution in [0.25, 0.3) is 0 Å². The number of hydrogen-bond acceptors (Lipinski definition) is 6. The van der Waals surface area contributed by atoms with Gasteiger partial charge >= 0.3 is 17.9 Å². The molecule has 0 aromatic heterocycles. The van der Waals surface area contributed by atoms with Gasteiger partial charge in [0.25, 0.3) is 0 Å². The average molecular weight is 819 g/mol. The molecule has 0 aliphatic carbocycles. The fraction of sp³-hybridized carbons (Fsp3) is 0.904. The molecule has 0 aliphatic rings. The molecule has 0 bridgehead atoms. The van der Waals surface area contributed by atoms with Crippen molar-refractivity contribution in [3.63, 3.8) is 0 Å². The molecule has 0 amide bonds. The highest BCUT2D eigenvalue weighted by molar-refractivity contribution is 5.71. The second-order valence-corrected chi connectivity index (χ2v) is 17.4. The van der Waals surface area contributed by atoms with Crippen LogP contribution in [0, 0.1) is 0 Å². The Bertz CT molecular complexity index is 900. The molecule has 6 heteroatoms. The monoisotopic (exact) mass is 819 g/mol. The van der Waals surface area contributed by atoms with E-state index in [1.54, 1.807) is 0 Å². The Morgan fingerprint density at radius 3 is 0.914 bits per heavy atom. The predicted molar refractivity (Wildman–Crippen MR) is 247 cm³/mol. The zero-order chi connectivity index (χ0) is 42.3. The first-order valence-corrected chi connectivity index (χ1v) is 25.7. The summed E-state index contributed by atoms with van der Waals surface area (Å²) in [6, 6.07) is 0. The molecule has 0 rings (SSSR count). The van der Waals surface area contributed by atoms with Crippen LogP contribution in [0.3, 0.4) is 0 Å². The summed E-state index contributed by atoms with van der Waals surface area (Å²) in [5.41, 5.74) is 0. The van der Waals surface area contributed by atoms with Crippen molar-refractivity contribution < 1.29 is 28.6 Å². The van der Waals surface area contributed by atoms with E-state index in [1.807, 2.05) is 0 Å². The highest BCUT2D eigenvalue weighted by Crippen LogP contribution is 2.16. The van der Waals surface area contributed by atoms with E-state index in [9.17, 15) is 14.4 Å². The first-order chi connectivity index (χ1) is 28.5. The van der Waals surface area contributed by atoms with Gasteiger partial charge < -0.3 is 14.2 Å². The lowest BCUT2D eigenvalue weighted by molar-refractivity contribution is -0.167. The molecule has 0 saturated heterocycles. The van der Waals surface area contributed by atoms with Gasteiger partial charge in [0.15, 0.2) is 6.10 Å². The van der Waals surface area contributed by atoms with Crippen molar-refractivity contribution in [3.05, 3.63) is 12.2 Å². The number of hydrogen-bond donors (Lipinski definition) is 0. The first kappa shape index (κ1) is 56.1. The van der Waals surface area contributed by atoms with E-state index in [2.05, 4.69) is 32.9 Å². The maximum atomic E-state index is 12.8. The minimum atomic E-state index is -0.765. The second kappa shape index (κ2) is 47.8. The van der Waals surface area contributed by atoms with Crippen LogP contribution < -0.4 is 0 Å². The lowest BCUT2D eigenvalue weighted by Crippen LogP contribution is -2.30. The summed E-state index contributed by atoms with van der Waals surface area (Å²) in [5.74, 6) is -0.862. The van der Waals surface area contributed by atoms with Crippen LogP contribution in [0.4, 0.5) is 0 Å². The molecule has 6 nitrogen and oxygen atoms in total. The zero-order valence-electron chi connectivity index (χ0n) is 39.1. The minimum Gasteiger partial charge on any atom is -0.462 e. The van der Waals surface area contributed by atoms with Crippen molar-refractivity contribution >= 4 is 17.9 Å². The number of allylic oxidation sites excluding steroid dienone is 2. The number of unbranched alkanes of at least 4 members (excludes halogenated alkanes) is 34. The van der Waals surface area contributed by atoms with Crippen LogP contribution in [0.2, 0.25) is 0 Å². The summed E-state index contributed by atoms with van der Waals surface area (Å²) >= 11 is 0. The van der Waals surface area contributed by atoms with Crippen LogP contribution in [-0.2, 0) is 28.6 Å². The largest absolute Gasteiger partial charge is 0.462 e. The third-order valence-electron chi connectivity index (χ3n) is 11.5. The standard InChI is InChI=1S/C52H98O6/c1-4-7-10-13-16-19-22-24-25-26-27-28-31-34-37-40-43-46-52(55)58-49(47-56-50(53)44-41-38-35-32-29-21-18-15-12-9-6-3)48-57-51(54)45-42-39-36-33-30-23-20-17-14-11-8-5-2/h15,18,49H,4-14,16-17,19-48H2,1-3H3/b18-15-/t49-/m1/s1. The Morgan fingerprint density at radius 2 is 0.586 bits per heavy atom. The van der Waals surface area contributed by atoms with Gasteiger partial charge in [-0.3, -0.25) is 14.4 Å². The summed E-state index contributed by atoms with van der Waals surface area (Å²) in [5, 5.41) is 0. The van der Waals surface area contributed by atoms with E-state index >= 15 is 0 Å². The molecule has 0 saturated carbocycles. The quantitative estimate of drug-likeness (QED) is 0.0263. The molecule has 342 valence electrons. The van der Waals surface area contributed by atoms with Gasteiger partial charge in [0.1, 0.15) is 13.2 Å². The maximum absolute atomic E-state index is 12.8. The Hall–Kier alpha value is -1.85. The first-order valence-electron chi connectivity index (χ1n) is 25.7. The van der Waals surface area contributed by atoms with Gasteiger partial charge in [-0.05, 0) is 38.5 Å². The van der Waals surface area contributed by atoms with Crippen molar-refractivity contribution in [2.45, 2.75) is 290 Å². The van der Waals surface area contributed by atoms with Crippen LogP contribution in [0.15, 0.2) is 12.2 Å². The molecular formula is C52H98O6. The molecule has 0 unspecified atom stereocenters.